The summed E-state index contributed by atoms with van der Waals surface area (Å²) in [6.45, 7) is 3.05. The van der Waals surface area contributed by atoms with Crippen LogP contribution in [0.2, 0.25) is 0 Å². The van der Waals surface area contributed by atoms with Crippen molar-refractivity contribution in [3.63, 3.8) is 0 Å². The summed E-state index contributed by atoms with van der Waals surface area (Å²) >= 11 is 1.53. The van der Waals surface area contributed by atoms with Crippen molar-refractivity contribution in [2.75, 3.05) is 12.3 Å². The first-order valence-corrected chi connectivity index (χ1v) is 11.7. The standard InChI is InChI=1S/C22H30N4OS/c1-17-10-8-9-15-25(17)20(27)16-28-22-24-23-21(18-11-4-2-5-12-18)26(22)19-13-6-3-7-14-19/h3,6-7,13-14,17-18H,2,4-5,8-12,15-16H2,1H3. The molecule has 4 rings (SSSR count). The number of carbonyl (C=O) groups excluding carboxylic acids is 1. The van der Waals surface area contributed by atoms with E-state index in [0.717, 1.165) is 36.1 Å². The summed E-state index contributed by atoms with van der Waals surface area (Å²) in [5.41, 5.74) is 1.09. The maximum Gasteiger partial charge on any atom is 0.233 e. The Morgan fingerprint density at radius 1 is 1.04 bits per heavy atom. The van der Waals surface area contributed by atoms with E-state index in [2.05, 4.69) is 46.0 Å². The lowest BCUT2D eigenvalue weighted by atomic mass is 9.88. The van der Waals surface area contributed by atoms with Crippen LogP contribution in [0, 0.1) is 0 Å². The monoisotopic (exact) mass is 398 g/mol. The number of nitrogens with zero attached hydrogens (tertiary/aromatic N) is 4. The molecule has 1 aromatic carbocycles. The average molecular weight is 399 g/mol. The topological polar surface area (TPSA) is 51.0 Å². The lowest BCUT2D eigenvalue weighted by Gasteiger charge is -2.33. The molecule has 1 aromatic heterocycles. The van der Waals surface area contributed by atoms with Gasteiger partial charge in [0, 0.05) is 24.2 Å². The highest BCUT2D eigenvalue weighted by Gasteiger charge is 2.26. The fraction of sp³-hybridized carbons (Fsp3) is 0.591. The summed E-state index contributed by atoms with van der Waals surface area (Å²) in [6.07, 6.45) is 9.67. The third kappa shape index (κ3) is 4.27. The normalized spacial score (nSPS) is 21.0. The fourth-order valence-electron chi connectivity index (χ4n) is 4.50. The van der Waals surface area contributed by atoms with Gasteiger partial charge >= 0.3 is 0 Å². The summed E-state index contributed by atoms with van der Waals surface area (Å²) in [5.74, 6) is 2.18. The molecule has 5 nitrogen and oxygen atoms in total. The number of rotatable bonds is 5. The Kier molecular flexibility index (Phi) is 6.35. The minimum Gasteiger partial charge on any atom is -0.339 e. The van der Waals surface area contributed by atoms with Gasteiger partial charge in [-0.05, 0) is 51.2 Å². The van der Waals surface area contributed by atoms with Crippen molar-refractivity contribution < 1.29 is 4.79 Å². The number of hydrogen-bond acceptors (Lipinski definition) is 4. The number of thioether (sulfide) groups is 1. The highest BCUT2D eigenvalue weighted by molar-refractivity contribution is 7.99. The molecule has 2 aliphatic rings. The van der Waals surface area contributed by atoms with Gasteiger partial charge in [0.15, 0.2) is 5.16 Å². The van der Waals surface area contributed by atoms with Gasteiger partial charge in [0.1, 0.15) is 5.82 Å². The first-order valence-electron chi connectivity index (χ1n) is 10.7. The molecular formula is C22H30N4OS. The molecule has 1 atom stereocenters. The van der Waals surface area contributed by atoms with E-state index in [1.165, 1.54) is 50.3 Å². The van der Waals surface area contributed by atoms with Crippen LogP contribution >= 0.6 is 11.8 Å². The van der Waals surface area contributed by atoms with Gasteiger partial charge in [-0.3, -0.25) is 9.36 Å². The van der Waals surface area contributed by atoms with Crippen LogP contribution in [-0.2, 0) is 4.79 Å². The quantitative estimate of drug-likeness (QED) is 0.678. The summed E-state index contributed by atoms with van der Waals surface area (Å²) in [6, 6.07) is 10.7. The third-order valence-corrected chi connectivity index (χ3v) is 7.00. The molecule has 1 amide bonds. The van der Waals surface area contributed by atoms with Crippen LogP contribution in [0.1, 0.15) is 70.0 Å². The van der Waals surface area contributed by atoms with Gasteiger partial charge in [-0.1, -0.05) is 49.2 Å². The van der Waals surface area contributed by atoms with Crippen LogP contribution in [0.3, 0.4) is 0 Å². The average Bonchev–Trinajstić information content (AvgIpc) is 3.17. The van der Waals surface area contributed by atoms with Gasteiger partial charge in [-0.25, -0.2) is 0 Å². The predicted octanol–water partition coefficient (Wildman–Crippen LogP) is 4.81. The van der Waals surface area contributed by atoms with Crippen molar-refractivity contribution in [3.05, 3.63) is 36.2 Å². The lowest BCUT2D eigenvalue weighted by Crippen LogP contribution is -2.43. The minimum absolute atomic E-state index is 0.221. The number of benzene rings is 1. The van der Waals surface area contributed by atoms with E-state index in [4.69, 9.17) is 0 Å². The molecule has 1 saturated carbocycles. The summed E-state index contributed by atoms with van der Waals surface area (Å²) in [4.78, 5) is 14.8. The van der Waals surface area contributed by atoms with E-state index >= 15 is 0 Å². The van der Waals surface area contributed by atoms with Crippen molar-refractivity contribution in [2.24, 2.45) is 0 Å². The van der Waals surface area contributed by atoms with E-state index in [1.54, 1.807) is 0 Å². The Labute approximate surface area is 171 Å². The Bertz CT molecular complexity index is 785. The molecule has 0 radical (unpaired) electrons. The van der Waals surface area contributed by atoms with Crippen LogP contribution in [0.4, 0.5) is 0 Å². The zero-order chi connectivity index (χ0) is 19.3. The highest BCUT2D eigenvalue weighted by atomic mass is 32.2. The van der Waals surface area contributed by atoms with Gasteiger partial charge in [-0.15, -0.1) is 10.2 Å². The van der Waals surface area contributed by atoms with Gasteiger partial charge in [0.2, 0.25) is 5.91 Å². The second-order valence-electron chi connectivity index (χ2n) is 8.07. The number of piperidine rings is 1. The van der Waals surface area contributed by atoms with Crippen molar-refractivity contribution in [3.8, 4) is 5.69 Å². The molecule has 1 saturated heterocycles. The van der Waals surface area contributed by atoms with E-state index < -0.39 is 0 Å². The number of para-hydroxylation sites is 1. The molecule has 28 heavy (non-hydrogen) atoms. The Morgan fingerprint density at radius 2 is 1.79 bits per heavy atom. The number of aromatic nitrogens is 3. The molecule has 0 N–H and O–H groups in total. The summed E-state index contributed by atoms with van der Waals surface area (Å²) < 4.78 is 2.19. The predicted molar refractivity (Wildman–Crippen MR) is 113 cm³/mol. The van der Waals surface area contributed by atoms with Crippen molar-refractivity contribution in [2.45, 2.75) is 75.4 Å². The van der Waals surface area contributed by atoms with E-state index in [0.29, 0.717) is 17.7 Å². The third-order valence-electron chi connectivity index (χ3n) is 6.09. The zero-order valence-corrected chi connectivity index (χ0v) is 17.5. The molecule has 0 bridgehead atoms. The molecule has 2 fully saturated rings. The summed E-state index contributed by atoms with van der Waals surface area (Å²) in [5, 5.41) is 9.94. The maximum atomic E-state index is 12.8. The molecule has 1 aliphatic carbocycles. The first kappa shape index (κ1) is 19.5. The van der Waals surface area contributed by atoms with Gasteiger partial charge in [-0.2, -0.15) is 0 Å². The van der Waals surface area contributed by atoms with Gasteiger partial charge in [0.05, 0.1) is 5.75 Å². The molecule has 1 aliphatic heterocycles. The molecular weight excluding hydrogens is 368 g/mol. The minimum atomic E-state index is 0.221. The van der Waals surface area contributed by atoms with Crippen LogP contribution < -0.4 is 0 Å². The number of hydrogen-bond donors (Lipinski definition) is 0. The smallest absolute Gasteiger partial charge is 0.233 e. The SMILES string of the molecule is CC1CCCCN1C(=O)CSc1nnc(C2CCCCC2)n1-c1ccccc1. The second-order valence-corrected chi connectivity index (χ2v) is 9.01. The second kappa shape index (κ2) is 9.12. The maximum absolute atomic E-state index is 12.8. The van der Waals surface area contributed by atoms with E-state index in [1.807, 2.05) is 11.0 Å². The van der Waals surface area contributed by atoms with Gasteiger partial charge in [0.25, 0.3) is 0 Å². The molecule has 6 heteroatoms. The molecule has 0 spiro atoms. The Morgan fingerprint density at radius 3 is 2.54 bits per heavy atom. The number of carbonyl (C=O) groups is 1. The van der Waals surface area contributed by atoms with Crippen molar-refractivity contribution in [1.82, 2.24) is 19.7 Å². The molecule has 150 valence electrons. The molecule has 1 unspecified atom stereocenters. The van der Waals surface area contributed by atoms with Crippen LogP contribution in [0.15, 0.2) is 35.5 Å². The number of likely N-dealkylation sites (tertiary alicyclic amines) is 1. The summed E-state index contributed by atoms with van der Waals surface area (Å²) in [7, 11) is 0. The van der Waals surface area contributed by atoms with E-state index in [9.17, 15) is 4.79 Å². The fourth-order valence-corrected chi connectivity index (χ4v) is 5.34. The first-order chi connectivity index (χ1) is 13.7. The van der Waals surface area contributed by atoms with Crippen LogP contribution in [0.5, 0.6) is 0 Å². The van der Waals surface area contributed by atoms with Crippen molar-refractivity contribution in [1.29, 1.82) is 0 Å². The zero-order valence-electron chi connectivity index (χ0n) is 16.7. The van der Waals surface area contributed by atoms with E-state index in [-0.39, 0.29) is 5.91 Å². The largest absolute Gasteiger partial charge is 0.339 e. The highest BCUT2D eigenvalue weighted by Crippen LogP contribution is 2.35. The molecule has 2 aromatic rings. The van der Waals surface area contributed by atoms with Crippen LogP contribution in [-0.4, -0.2) is 43.9 Å². The lowest BCUT2D eigenvalue weighted by molar-refractivity contribution is -0.131. The Hall–Kier alpha value is -1.82. The van der Waals surface area contributed by atoms with Crippen molar-refractivity contribution >= 4 is 17.7 Å². The number of amides is 1. The molecule has 2 heterocycles. The van der Waals surface area contributed by atoms with Gasteiger partial charge < -0.3 is 4.90 Å². The van der Waals surface area contributed by atoms with Crippen LogP contribution in [0.25, 0.3) is 5.69 Å². The Balaban J connectivity index is 1.54.